The van der Waals surface area contributed by atoms with Crippen LogP contribution in [0.5, 0.6) is 0 Å². The fraction of sp³-hybridized carbons (Fsp3) is 0.917. The molecule has 1 heterocycles. The molecule has 2 atom stereocenters. The quantitative estimate of drug-likeness (QED) is 0.724. The first kappa shape index (κ1) is 11.5. The Morgan fingerprint density at radius 2 is 2.07 bits per heavy atom. The minimum Gasteiger partial charge on any atom is -0.355 e. The molecule has 0 saturated carbocycles. The van der Waals surface area contributed by atoms with Crippen molar-refractivity contribution in [3.63, 3.8) is 0 Å². The number of nitrogens with one attached hydrogen (secondary N) is 1. The summed E-state index contributed by atoms with van der Waals surface area (Å²) in [6, 6.07) is 0. The first-order valence-corrected chi connectivity index (χ1v) is 5.52. The van der Waals surface area contributed by atoms with Gasteiger partial charge in [0, 0.05) is 12.5 Å². The van der Waals surface area contributed by atoms with Crippen molar-refractivity contribution in [3.8, 4) is 0 Å². The largest absolute Gasteiger partial charge is 0.355 e. The van der Waals surface area contributed by atoms with Gasteiger partial charge in [0.05, 0.1) is 0 Å². The minimum absolute atomic E-state index is 0.171. The van der Waals surface area contributed by atoms with Crippen LogP contribution in [0.2, 0.25) is 0 Å². The van der Waals surface area contributed by atoms with Crippen LogP contribution in [0.25, 0.3) is 0 Å². The highest BCUT2D eigenvalue weighted by molar-refractivity contribution is 5.81. The van der Waals surface area contributed by atoms with E-state index in [1.807, 2.05) is 6.92 Å². The summed E-state index contributed by atoms with van der Waals surface area (Å²) < 4.78 is 0. The number of hydrogen-bond donors (Lipinski definition) is 1. The van der Waals surface area contributed by atoms with Crippen LogP contribution >= 0.6 is 0 Å². The van der Waals surface area contributed by atoms with E-state index in [1.54, 1.807) is 0 Å². The zero-order chi connectivity index (χ0) is 11.0. The average molecular weight is 197 g/mol. The van der Waals surface area contributed by atoms with Crippen molar-refractivity contribution >= 4 is 5.91 Å². The fourth-order valence-corrected chi connectivity index (χ4v) is 1.88. The van der Waals surface area contributed by atoms with Crippen LogP contribution in [-0.2, 0) is 4.79 Å². The van der Waals surface area contributed by atoms with E-state index in [0.717, 1.165) is 13.0 Å². The molecule has 0 spiro atoms. The van der Waals surface area contributed by atoms with Crippen molar-refractivity contribution < 1.29 is 4.79 Å². The molecule has 0 aromatic heterocycles. The molecule has 1 rings (SSSR count). The van der Waals surface area contributed by atoms with Crippen LogP contribution < -0.4 is 5.32 Å². The summed E-state index contributed by atoms with van der Waals surface area (Å²) in [4.78, 5) is 11.4. The Hall–Kier alpha value is -0.530. The summed E-state index contributed by atoms with van der Waals surface area (Å²) >= 11 is 0. The standard InChI is InChI=1S/C12H23NO/c1-9-10(14)13-8-12(9,5)7-6-11(2,3)4/h9H,6-8H2,1-5H3,(H,13,14). The van der Waals surface area contributed by atoms with E-state index in [9.17, 15) is 4.79 Å². The Morgan fingerprint density at radius 1 is 1.50 bits per heavy atom. The van der Waals surface area contributed by atoms with Crippen LogP contribution in [0.3, 0.4) is 0 Å². The van der Waals surface area contributed by atoms with Crippen LogP contribution in [-0.4, -0.2) is 12.5 Å². The molecule has 1 amide bonds. The highest BCUT2D eigenvalue weighted by Gasteiger charge is 2.41. The van der Waals surface area contributed by atoms with E-state index in [2.05, 4.69) is 33.0 Å². The lowest BCUT2D eigenvalue weighted by Gasteiger charge is -2.30. The first-order chi connectivity index (χ1) is 6.25. The summed E-state index contributed by atoms with van der Waals surface area (Å²) in [6.07, 6.45) is 2.32. The van der Waals surface area contributed by atoms with Gasteiger partial charge in [0.25, 0.3) is 0 Å². The predicted molar refractivity (Wildman–Crippen MR) is 59.0 cm³/mol. The van der Waals surface area contributed by atoms with Crippen molar-refractivity contribution in [2.45, 2.75) is 47.5 Å². The molecule has 1 aliphatic rings. The second-order valence-corrected chi connectivity index (χ2v) is 6.15. The molecule has 1 aliphatic heterocycles. The Morgan fingerprint density at radius 3 is 2.43 bits per heavy atom. The molecule has 14 heavy (non-hydrogen) atoms. The molecule has 0 bridgehead atoms. The van der Waals surface area contributed by atoms with Crippen LogP contribution in [0.15, 0.2) is 0 Å². The number of hydrogen-bond acceptors (Lipinski definition) is 1. The summed E-state index contributed by atoms with van der Waals surface area (Å²) in [5.41, 5.74) is 0.540. The third-order valence-electron chi connectivity index (χ3n) is 3.55. The van der Waals surface area contributed by atoms with Crippen molar-refractivity contribution in [1.29, 1.82) is 0 Å². The molecule has 0 aliphatic carbocycles. The summed E-state index contributed by atoms with van der Waals surface area (Å²) in [5.74, 6) is 0.395. The molecular formula is C12H23NO. The van der Waals surface area contributed by atoms with Gasteiger partial charge in [-0.25, -0.2) is 0 Å². The molecule has 0 radical (unpaired) electrons. The number of carbonyl (C=O) groups excluding carboxylic acids is 1. The Bertz CT molecular complexity index is 229. The lowest BCUT2D eigenvalue weighted by molar-refractivity contribution is -0.123. The molecule has 2 heteroatoms. The lowest BCUT2D eigenvalue weighted by atomic mass is 9.73. The third kappa shape index (κ3) is 2.49. The van der Waals surface area contributed by atoms with Gasteiger partial charge in [0.2, 0.25) is 5.91 Å². The predicted octanol–water partition coefficient (Wildman–Crippen LogP) is 2.58. The van der Waals surface area contributed by atoms with Gasteiger partial charge < -0.3 is 5.32 Å². The van der Waals surface area contributed by atoms with Gasteiger partial charge in [-0.05, 0) is 23.7 Å². The molecule has 1 N–H and O–H groups in total. The smallest absolute Gasteiger partial charge is 0.223 e. The van der Waals surface area contributed by atoms with Gasteiger partial charge in [-0.1, -0.05) is 34.6 Å². The van der Waals surface area contributed by atoms with E-state index in [4.69, 9.17) is 0 Å². The van der Waals surface area contributed by atoms with Crippen molar-refractivity contribution in [2.75, 3.05) is 6.54 Å². The van der Waals surface area contributed by atoms with Gasteiger partial charge in [0.1, 0.15) is 0 Å². The van der Waals surface area contributed by atoms with Gasteiger partial charge in [-0.2, -0.15) is 0 Å². The van der Waals surface area contributed by atoms with Gasteiger partial charge in [-0.3, -0.25) is 4.79 Å². The second-order valence-electron chi connectivity index (χ2n) is 6.15. The fourth-order valence-electron chi connectivity index (χ4n) is 1.88. The van der Waals surface area contributed by atoms with Crippen molar-refractivity contribution in [2.24, 2.45) is 16.7 Å². The maximum atomic E-state index is 11.4. The number of rotatable bonds is 2. The lowest BCUT2D eigenvalue weighted by Crippen LogP contribution is -2.27. The second kappa shape index (κ2) is 3.56. The molecular weight excluding hydrogens is 174 g/mol. The normalized spacial score (nSPS) is 33.2. The molecule has 1 fully saturated rings. The summed E-state index contributed by atoms with van der Waals surface area (Å²) in [5, 5.41) is 2.96. The Labute approximate surface area is 87.5 Å². The SMILES string of the molecule is CC1C(=O)NCC1(C)CCC(C)(C)C. The zero-order valence-corrected chi connectivity index (χ0v) is 10.1. The van der Waals surface area contributed by atoms with Gasteiger partial charge in [0.15, 0.2) is 0 Å². The third-order valence-corrected chi connectivity index (χ3v) is 3.55. The van der Waals surface area contributed by atoms with E-state index in [0.29, 0.717) is 5.41 Å². The monoisotopic (exact) mass is 197 g/mol. The Balaban J connectivity index is 2.55. The molecule has 82 valence electrons. The number of amides is 1. The van der Waals surface area contributed by atoms with Crippen molar-refractivity contribution in [1.82, 2.24) is 5.32 Å². The van der Waals surface area contributed by atoms with E-state index in [-0.39, 0.29) is 17.2 Å². The van der Waals surface area contributed by atoms with Gasteiger partial charge >= 0.3 is 0 Å². The van der Waals surface area contributed by atoms with Crippen LogP contribution in [0, 0.1) is 16.7 Å². The van der Waals surface area contributed by atoms with E-state index in [1.165, 1.54) is 6.42 Å². The zero-order valence-electron chi connectivity index (χ0n) is 10.1. The molecule has 0 aromatic carbocycles. The van der Waals surface area contributed by atoms with Crippen LogP contribution in [0.4, 0.5) is 0 Å². The first-order valence-electron chi connectivity index (χ1n) is 5.52. The minimum atomic E-state index is 0.171. The molecule has 0 aromatic rings. The highest BCUT2D eigenvalue weighted by Crippen LogP contribution is 2.39. The summed E-state index contributed by atoms with van der Waals surface area (Å²) in [6.45, 7) is 11.9. The summed E-state index contributed by atoms with van der Waals surface area (Å²) in [7, 11) is 0. The van der Waals surface area contributed by atoms with E-state index >= 15 is 0 Å². The topological polar surface area (TPSA) is 29.1 Å². The maximum absolute atomic E-state index is 11.4. The molecule has 2 nitrogen and oxygen atoms in total. The maximum Gasteiger partial charge on any atom is 0.223 e. The highest BCUT2D eigenvalue weighted by atomic mass is 16.2. The van der Waals surface area contributed by atoms with Crippen molar-refractivity contribution in [3.05, 3.63) is 0 Å². The van der Waals surface area contributed by atoms with E-state index < -0.39 is 0 Å². The van der Waals surface area contributed by atoms with Crippen LogP contribution in [0.1, 0.15) is 47.5 Å². The van der Waals surface area contributed by atoms with Gasteiger partial charge in [-0.15, -0.1) is 0 Å². The average Bonchev–Trinajstić information content (AvgIpc) is 2.30. The Kier molecular flexibility index (Phi) is 2.93. The molecule has 1 saturated heterocycles. The molecule has 2 unspecified atom stereocenters. The number of carbonyl (C=O) groups is 1.